The van der Waals surface area contributed by atoms with E-state index in [0.717, 1.165) is 11.3 Å². The van der Waals surface area contributed by atoms with Gasteiger partial charge in [-0.2, -0.15) is 0 Å². The van der Waals surface area contributed by atoms with Crippen molar-refractivity contribution in [3.05, 3.63) is 58.9 Å². The van der Waals surface area contributed by atoms with Crippen LogP contribution in [0.4, 0.5) is 5.69 Å². The zero-order chi connectivity index (χ0) is 14.5. The number of aromatic nitrogens is 1. The number of carbonyl (C=O) groups excluding carboxylic acids is 1. The highest BCUT2D eigenvalue weighted by Gasteiger charge is 2.08. The normalized spacial score (nSPS) is 9.86. The number of aryl methyl sites for hydroxylation is 3. The van der Waals surface area contributed by atoms with Gasteiger partial charge >= 0.3 is 0 Å². The van der Waals surface area contributed by atoms with Gasteiger partial charge in [0.1, 0.15) is 0 Å². The first-order valence-corrected chi connectivity index (χ1v) is 6.94. The predicted molar refractivity (Wildman–Crippen MR) is 80.8 cm³/mol. The van der Waals surface area contributed by atoms with Crippen molar-refractivity contribution in [2.75, 3.05) is 5.32 Å². The maximum Gasteiger partial charge on any atom is 0.230 e. The number of benzene rings is 1. The molecule has 2 aromatic rings. The van der Waals surface area contributed by atoms with Gasteiger partial charge in [-0.1, -0.05) is 17.7 Å². The molecule has 0 saturated carbocycles. The molecule has 0 bridgehead atoms. The van der Waals surface area contributed by atoms with E-state index in [9.17, 15) is 4.79 Å². The summed E-state index contributed by atoms with van der Waals surface area (Å²) in [6.07, 6.45) is 4.39. The smallest absolute Gasteiger partial charge is 0.230 e. The summed E-state index contributed by atoms with van der Waals surface area (Å²) < 4.78 is 2.00. The molecule has 2 rings (SSSR count). The van der Waals surface area contributed by atoms with Crippen LogP contribution in [0.3, 0.4) is 0 Å². The first kappa shape index (κ1) is 17.7. The lowest BCUT2D eigenvalue weighted by molar-refractivity contribution is -0.695. The second-order valence-corrected chi connectivity index (χ2v) is 5.31. The molecular weight excluding hydrogens is 352 g/mol. The summed E-state index contributed by atoms with van der Waals surface area (Å²) in [5.74, 6) is -0.0107. The molecule has 0 aliphatic carbocycles. The molecule has 21 heavy (non-hydrogen) atoms. The van der Waals surface area contributed by atoms with Crippen LogP contribution in [0.2, 0.25) is 5.02 Å². The zero-order valence-electron chi connectivity index (χ0n) is 12.1. The summed E-state index contributed by atoms with van der Waals surface area (Å²) in [7, 11) is 0. The van der Waals surface area contributed by atoms with Gasteiger partial charge in [-0.25, -0.2) is 4.57 Å². The molecule has 1 amide bonds. The van der Waals surface area contributed by atoms with E-state index < -0.39 is 0 Å². The molecule has 0 radical (unpaired) electrons. The van der Waals surface area contributed by atoms with Gasteiger partial charge in [-0.3, -0.25) is 4.79 Å². The lowest BCUT2D eigenvalue weighted by Crippen LogP contribution is -3.00. The maximum absolute atomic E-state index is 11.9. The van der Waals surface area contributed by atoms with Crippen molar-refractivity contribution < 1.29 is 26.3 Å². The lowest BCUT2D eigenvalue weighted by Gasteiger charge is -2.08. The fourth-order valence-corrected chi connectivity index (χ4v) is 2.03. The van der Waals surface area contributed by atoms with Gasteiger partial charge in [0.2, 0.25) is 5.91 Å². The topological polar surface area (TPSA) is 33.0 Å². The second kappa shape index (κ2) is 8.15. The first-order chi connectivity index (χ1) is 9.54. The van der Waals surface area contributed by atoms with Gasteiger partial charge < -0.3 is 22.3 Å². The van der Waals surface area contributed by atoms with E-state index in [1.165, 1.54) is 5.56 Å². The number of nitrogens with one attached hydrogen (secondary N) is 1. The number of pyridine rings is 1. The lowest BCUT2D eigenvalue weighted by atomic mass is 10.2. The average Bonchev–Trinajstić information content (AvgIpc) is 2.42. The Bertz CT molecular complexity index is 614. The number of amides is 1. The van der Waals surface area contributed by atoms with E-state index in [0.29, 0.717) is 18.0 Å². The maximum atomic E-state index is 11.9. The Kier molecular flexibility index (Phi) is 6.85. The first-order valence-electron chi connectivity index (χ1n) is 6.56. The molecule has 0 fully saturated rings. The summed E-state index contributed by atoms with van der Waals surface area (Å²) in [4.78, 5) is 11.9. The minimum absolute atomic E-state index is 0. The fourth-order valence-electron chi connectivity index (χ4n) is 1.85. The molecule has 5 heteroatoms. The van der Waals surface area contributed by atoms with Crippen LogP contribution >= 0.6 is 11.6 Å². The number of halogens is 2. The minimum Gasteiger partial charge on any atom is -1.00 e. The molecule has 1 heterocycles. The highest BCUT2D eigenvalue weighted by atomic mass is 79.9. The van der Waals surface area contributed by atoms with Crippen LogP contribution in [-0.2, 0) is 11.3 Å². The van der Waals surface area contributed by atoms with E-state index in [2.05, 4.69) is 5.32 Å². The van der Waals surface area contributed by atoms with Crippen LogP contribution in [0.15, 0.2) is 42.7 Å². The molecule has 1 N–H and O–H groups in total. The summed E-state index contributed by atoms with van der Waals surface area (Å²) in [5, 5.41) is 3.52. The van der Waals surface area contributed by atoms with E-state index in [-0.39, 0.29) is 22.9 Å². The van der Waals surface area contributed by atoms with Crippen molar-refractivity contribution in [3.63, 3.8) is 0 Å². The summed E-state index contributed by atoms with van der Waals surface area (Å²) >= 11 is 5.93. The van der Waals surface area contributed by atoms with Crippen molar-refractivity contribution in [1.29, 1.82) is 0 Å². The second-order valence-electron chi connectivity index (χ2n) is 4.87. The standard InChI is InChI=1S/C16H17ClN2O.BrH/c1-12-5-8-19(9-6-12)10-7-16(20)18-15-11-14(17)4-3-13(15)2;/h3-6,8-9,11H,7,10H2,1-2H3;1H. The SMILES string of the molecule is Cc1cc[n+](CCC(=O)Nc2cc(Cl)ccc2C)cc1.[Br-]. The molecular formula is C16H18BrClN2O. The van der Waals surface area contributed by atoms with Crippen molar-refractivity contribution >= 4 is 23.2 Å². The zero-order valence-corrected chi connectivity index (χ0v) is 14.4. The molecule has 0 atom stereocenters. The molecule has 0 aliphatic rings. The van der Waals surface area contributed by atoms with Crippen LogP contribution in [-0.4, -0.2) is 5.91 Å². The van der Waals surface area contributed by atoms with E-state index in [1.54, 1.807) is 6.07 Å². The van der Waals surface area contributed by atoms with Gasteiger partial charge in [-0.15, -0.1) is 0 Å². The largest absolute Gasteiger partial charge is 1.00 e. The van der Waals surface area contributed by atoms with Crippen LogP contribution < -0.4 is 26.9 Å². The molecule has 0 aliphatic heterocycles. The Balaban J connectivity index is 0.00000220. The van der Waals surface area contributed by atoms with E-state index >= 15 is 0 Å². The highest BCUT2D eigenvalue weighted by Crippen LogP contribution is 2.20. The third kappa shape index (κ3) is 5.48. The average molecular weight is 370 g/mol. The van der Waals surface area contributed by atoms with Gasteiger partial charge in [0.05, 0.1) is 6.42 Å². The number of carbonyl (C=O) groups is 1. The van der Waals surface area contributed by atoms with Crippen molar-refractivity contribution in [3.8, 4) is 0 Å². The Hall–Kier alpha value is -1.39. The Morgan fingerprint density at radius 3 is 2.52 bits per heavy atom. The van der Waals surface area contributed by atoms with Gasteiger partial charge in [0.25, 0.3) is 0 Å². The third-order valence-electron chi connectivity index (χ3n) is 3.13. The Morgan fingerprint density at radius 2 is 1.86 bits per heavy atom. The van der Waals surface area contributed by atoms with Crippen LogP contribution in [0.1, 0.15) is 17.5 Å². The van der Waals surface area contributed by atoms with E-state index in [4.69, 9.17) is 11.6 Å². The molecule has 0 unspecified atom stereocenters. The molecule has 112 valence electrons. The summed E-state index contributed by atoms with van der Waals surface area (Å²) in [6, 6.07) is 9.53. The molecule has 3 nitrogen and oxygen atoms in total. The van der Waals surface area contributed by atoms with Gasteiger partial charge in [-0.05, 0) is 37.1 Å². The van der Waals surface area contributed by atoms with Crippen LogP contribution in [0, 0.1) is 13.8 Å². The van der Waals surface area contributed by atoms with Gasteiger partial charge in [0, 0.05) is 22.8 Å². The quantitative estimate of drug-likeness (QED) is 0.772. The van der Waals surface area contributed by atoms with Crippen LogP contribution in [0.25, 0.3) is 0 Å². The summed E-state index contributed by atoms with van der Waals surface area (Å²) in [6.45, 7) is 4.64. The van der Waals surface area contributed by atoms with Crippen molar-refractivity contribution in [2.45, 2.75) is 26.8 Å². The fraction of sp³-hybridized carbons (Fsp3) is 0.250. The van der Waals surface area contributed by atoms with Gasteiger partial charge in [0.15, 0.2) is 18.9 Å². The number of anilines is 1. The minimum atomic E-state index is -0.0107. The van der Waals surface area contributed by atoms with E-state index in [1.807, 2.05) is 55.1 Å². The molecule has 0 spiro atoms. The third-order valence-corrected chi connectivity index (χ3v) is 3.36. The number of rotatable bonds is 4. The highest BCUT2D eigenvalue weighted by molar-refractivity contribution is 6.31. The van der Waals surface area contributed by atoms with Crippen LogP contribution in [0.5, 0.6) is 0 Å². The number of nitrogens with zero attached hydrogens (tertiary/aromatic N) is 1. The summed E-state index contributed by atoms with van der Waals surface area (Å²) in [5.41, 5.74) is 2.99. The van der Waals surface area contributed by atoms with Crippen molar-refractivity contribution in [2.24, 2.45) is 0 Å². The molecule has 1 aromatic carbocycles. The molecule has 1 aromatic heterocycles. The Labute approximate surface area is 140 Å². The number of hydrogen-bond donors (Lipinski definition) is 1. The van der Waals surface area contributed by atoms with Crippen molar-refractivity contribution in [1.82, 2.24) is 0 Å². The Morgan fingerprint density at radius 1 is 1.19 bits per heavy atom. The molecule has 0 saturated heterocycles. The number of hydrogen-bond acceptors (Lipinski definition) is 1. The monoisotopic (exact) mass is 368 g/mol. The predicted octanol–water partition coefficient (Wildman–Crippen LogP) is 0.277.